The van der Waals surface area contributed by atoms with Gasteiger partial charge in [0.25, 0.3) is 0 Å². The second-order valence-electron chi connectivity index (χ2n) is 5.43. The second-order valence-corrected chi connectivity index (χ2v) is 5.43. The summed E-state index contributed by atoms with van der Waals surface area (Å²) in [4.78, 5) is 23.4. The summed E-state index contributed by atoms with van der Waals surface area (Å²) in [7, 11) is 0. The highest BCUT2D eigenvalue weighted by atomic mass is 16.4. The lowest BCUT2D eigenvalue weighted by molar-refractivity contribution is 0.0698. The Morgan fingerprint density at radius 1 is 1.24 bits per heavy atom. The summed E-state index contributed by atoms with van der Waals surface area (Å²) in [6.45, 7) is 5.39. The van der Waals surface area contributed by atoms with Crippen molar-refractivity contribution in [3.63, 3.8) is 0 Å². The first-order chi connectivity index (χ1) is 9.97. The van der Waals surface area contributed by atoms with E-state index in [2.05, 4.69) is 16.0 Å². The fourth-order valence-corrected chi connectivity index (χ4v) is 2.60. The lowest BCUT2D eigenvalue weighted by Crippen LogP contribution is -2.44. The lowest BCUT2D eigenvalue weighted by atomic mass is 10.0. The molecule has 6 nitrogen and oxygen atoms in total. The summed E-state index contributed by atoms with van der Waals surface area (Å²) >= 11 is 0. The second kappa shape index (κ2) is 6.58. The molecule has 21 heavy (non-hydrogen) atoms. The third kappa shape index (κ3) is 3.95. The summed E-state index contributed by atoms with van der Waals surface area (Å²) in [5, 5.41) is 18.1. The Morgan fingerprint density at radius 2 is 1.90 bits per heavy atom. The molecule has 1 aliphatic rings. The van der Waals surface area contributed by atoms with Gasteiger partial charge in [0.05, 0.1) is 11.3 Å². The van der Waals surface area contributed by atoms with Crippen molar-refractivity contribution in [2.75, 3.05) is 18.4 Å². The molecule has 6 heteroatoms. The van der Waals surface area contributed by atoms with Gasteiger partial charge in [0.1, 0.15) is 0 Å². The van der Waals surface area contributed by atoms with Gasteiger partial charge in [0, 0.05) is 6.04 Å². The Balaban J connectivity index is 2.11. The van der Waals surface area contributed by atoms with E-state index >= 15 is 0 Å². The van der Waals surface area contributed by atoms with Crippen LogP contribution in [0.1, 0.15) is 34.3 Å². The van der Waals surface area contributed by atoms with E-state index in [9.17, 15) is 14.7 Å². The Kier molecular flexibility index (Phi) is 4.80. The molecule has 0 unspecified atom stereocenters. The van der Waals surface area contributed by atoms with Gasteiger partial charge in [-0.05, 0) is 57.0 Å². The zero-order chi connectivity index (χ0) is 15.4. The van der Waals surface area contributed by atoms with Gasteiger partial charge in [-0.2, -0.15) is 0 Å². The van der Waals surface area contributed by atoms with E-state index in [0.29, 0.717) is 5.69 Å². The van der Waals surface area contributed by atoms with Crippen molar-refractivity contribution in [3.05, 3.63) is 28.8 Å². The molecule has 1 aromatic rings. The first kappa shape index (κ1) is 15.3. The average molecular weight is 291 g/mol. The zero-order valence-corrected chi connectivity index (χ0v) is 12.3. The van der Waals surface area contributed by atoms with Crippen LogP contribution in [0, 0.1) is 13.8 Å². The molecular formula is C15H21N3O3. The Labute approximate surface area is 123 Å². The van der Waals surface area contributed by atoms with Crippen LogP contribution >= 0.6 is 0 Å². The quantitative estimate of drug-likeness (QED) is 0.684. The Bertz CT molecular complexity index is 551. The molecule has 1 fully saturated rings. The fourth-order valence-electron chi connectivity index (χ4n) is 2.60. The Hall–Kier alpha value is -2.08. The highest BCUT2D eigenvalue weighted by molar-refractivity contribution is 6.01. The van der Waals surface area contributed by atoms with Crippen LogP contribution in [0.25, 0.3) is 0 Å². The summed E-state index contributed by atoms with van der Waals surface area (Å²) in [6.07, 6.45) is 1.76. The first-order valence-electron chi connectivity index (χ1n) is 7.10. The van der Waals surface area contributed by atoms with Gasteiger partial charge in [0.15, 0.2) is 0 Å². The number of anilines is 1. The van der Waals surface area contributed by atoms with Crippen LogP contribution in [-0.4, -0.2) is 36.2 Å². The molecule has 1 saturated heterocycles. The molecule has 0 bridgehead atoms. The summed E-state index contributed by atoms with van der Waals surface area (Å²) in [5.74, 6) is -1.04. The number of amides is 2. The van der Waals surface area contributed by atoms with Gasteiger partial charge in [-0.1, -0.05) is 6.07 Å². The van der Waals surface area contributed by atoms with Crippen molar-refractivity contribution in [3.8, 4) is 0 Å². The highest BCUT2D eigenvalue weighted by Crippen LogP contribution is 2.23. The van der Waals surface area contributed by atoms with Gasteiger partial charge >= 0.3 is 12.0 Å². The summed E-state index contributed by atoms with van der Waals surface area (Å²) in [5.41, 5.74) is 2.08. The third-order valence-electron chi connectivity index (χ3n) is 3.62. The van der Waals surface area contributed by atoms with Crippen molar-refractivity contribution >= 4 is 17.7 Å². The van der Waals surface area contributed by atoms with E-state index in [0.717, 1.165) is 37.1 Å². The largest absolute Gasteiger partial charge is 0.478 e. The maximum Gasteiger partial charge on any atom is 0.337 e. The number of hydrogen-bond acceptors (Lipinski definition) is 3. The number of benzene rings is 1. The number of nitrogens with one attached hydrogen (secondary N) is 3. The molecule has 1 aliphatic heterocycles. The molecule has 0 aliphatic carbocycles. The van der Waals surface area contributed by atoms with Crippen molar-refractivity contribution in [1.82, 2.24) is 10.6 Å². The monoisotopic (exact) mass is 291 g/mol. The van der Waals surface area contributed by atoms with Gasteiger partial charge in [-0.15, -0.1) is 0 Å². The number of rotatable bonds is 3. The molecule has 0 aromatic heterocycles. The minimum Gasteiger partial charge on any atom is -0.478 e. The number of hydrogen-bond donors (Lipinski definition) is 4. The number of aromatic carboxylic acids is 1. The summed E-state index contributed by atoms with van der Waals surface area (Å²) < 4.78 is 0. The number of urea groups is 1. The maximum atomic E-state index is 12.1. The van der Waals surface area contributed by atoms with Crippen LogP contribution in [0.4, 0.5) is 10.5 Å². The predicted octanol–water partition coefficient (Wildman–Crippen LogP) is 1.88. The van der Waals surface area contributed by atoms with Crippen LogP contribution in [0.3, 0.4) is 0 Å². The van der Waals surface area contributed by atoms with Crippen LogP contribution in [0.15, 0.2) is 12.1 Å². The van der Waals surface area contributed by atoms with Crippen molar-refractivity contribution in [1.29, 1.82) is 0 Å². The van der Waals surface area contributed by atoms with E-state index in [1.165, 1.54) is 0 Å². The third-order valence-corrected chi connectivity index (χ3v) is 3.62. The molecule has 4 N–H and O–H groups in total. The standard InChI is InChI=1S/C15H21N3O3/c1-9-7-10(2)13(12(8-9)14(19)20)18-15(21)17-11-3-5-16-6-4-11/h7-8,11,16H,3-6H2,1-2H3,(H,19,20)(H2,17,18,21). The molecule has 0 spiro atoms. The average Bonchev–Trinajstić information content (AvgIpc) is 2.42. The topological polar surface area (TPSA) is 90.5 Å². The molecule has 0 atom stereocenters. The Morgan fingerprint density at radius 3 is 2.52 bits per heavy atom. The van der Waals surface area contributed by atoms with Crippen LogP contribution in [-0.2, 0) is 0 Å². The number of carboxylic acid groups (broad SMARTS) is 1. The minimum absolute atomic E-state index is 0.118. The van der Waals surface area contributed by atoms with E-state index < -0.39 is 5.97 Å². The predicted molar refractivity (Wildman–Crippen MR) is 80.9 cm³/mol. The highest BCUT2D eigenvalue weighted by Gasteiger charge is 2.18. The molecule has 1 heterocycles. The molecular weight excluding hydrogens is 270 g/mol. The van der Waals surface area contributed by atoms with Crippen LogP contribution in [0.5, 0.6) is 0 Å². The van der Waals surface area contributed by atoms with Crippen molar-refractivity contribution < 1.29 is 14.7 Å². The van der Waals surface area contributed by atoms with Crippen LogP contribution in [0.2, 0.25) is 0 Å². The number of piperidine rings is 1. The first-order valence-corrected chi connectivity index (χ1v) is 7.10. The fraction of sp³-hybridized carbons (Fsp3) is 0.467. The number of aryl methyl sites for hydroxylation is 2. The van der Waals surface area contributed by atoms with E-state index in [4.69, 9.17) is 0 Å². The van der Waals surface area contributed by atoms with E-state index in [-0.39, 0.29) is 17.6 Å². The minimum atomic E-state index is -1.04. The smallest absolute Gasteiger partial charge is 0.337 e. The number of carboxylic acids is 1. The lowest BCUT2D eigenvalue weighted by Gasteiger charge is -2.24. The summed E-state index contributed by atoms with van der Waals surface area (Å²) in [6, 6.07) is 3.20. The molecule has 114 valence electrons. The zero-order valence-electron chi connectivity index (χ0n) is 12.3. The van der Waals surface area contributed by atoms with Gasteiger partial charge in [0.2, 0.25) is 0 Å². The maximum absolute atomic E-state index is 12.1. The molecule has 0 radical (unpaired) electrons. The van der Waals surface area contributed by atoms with Crippen LogP contribution < -0.4 is 16.0 Å². The SMILES string of the molecule is Cc1cc(C)c(NC(=O)NC2CCNCC2)c(C(=O)O)c1. The molecule has 2 amide bonds. The molecule has 0 saturated carbocycles. The van der Waals surface area contributed by atoms with Gasteiger partial charge < -0.3 is 21.1 Å². The number of carbonyl (C=O) groups is 2. The van der Waals surface area contributed by atoms with E-state index in [1.807, 2.05) is 13.0 Å². The molecule has 2 rings (SSSR count). The normalized spacial score (nSPS) is 15.5. The number of carbonyl (C=O) groups excluding carboxylic acids is 1. The van der Waals surface area contributed by atoms with E-state index in [1.54, 1.807) is 13.0 Å². The van der Waals surface area contributed by atoms with Crippen molar-refractivity contribution in [2.45, 2.75) is 32.7 Å². The molecule has 1 aromatic carbocycles. The van der Waals surface area contributed by atoms with Gasteiger partial charge in [-0.25, -0.2) is 9.59 Å². The van der Waals surface area contributed by atoms with Crippen molar-refractivity contribution in [2.24, 2.45) is 0 Å². The van der Waals surface area contributed by atoms with Gasteiger partial charge in [-0.3, -0.25) is 0 Å².